The number of rotatable bonds is 2. The highest BCUT2D eigenvalue weighted by Crippen LogP contribution is 2.29. The normalized spacial score (nSPS) is 10.4. The minimum Gasteiger partial charge on any atom is -0.494 e. The Labute approximate surface area is 102 Å². The number of pyridine rings is 1. The fraction of sp³-hybridized carbons (Fsp3) is 0.167. The topological polar surface area (TPSA) is 74.4 Å². The van der Waals surface area contributed by atoms with Crippen LogP contribution >= 0.6 is 0 Å². The van der Waals surface area contributed by atoms with Crippen molar-refractivity contribution in [3.8, 4) is 5.75 Å². The Morgan fingerprint density at radius 2 is 2.11 bits per heavy atom. The van der Waals surface area contributed by atoms with E-state index in [9.17, 15) is 9.18 Å². The Morgan fingerprint density at radius 3 is 2.72 bits per heavy atom. The van der Waals surface area contributed by atoms with Crippen molar-refractivity contribution in [1.82, 2.24) is 4.98 Å². The van der Waals surface area contributed by atoms with Gasteiger partial charge in [-0.3, -0.25) is 4.98 Å². The van der Waals surface area contributed by atoms with Crippen LogP contribution < -0.4 is 10.5 Å². The molecule has 1 aromatic carbocycles. The number of carbonyl (C=O) groups excluding carboxylic acids is 1. The third kappa shape index (κ3) is 1.81. The standard InChI is InChI=1S/C12H11FN2O3/c1-17-10-3-6-9(4-8(10)13)15-5-7(11(6)14)12(16)18-2/h3-5H,1-2H3,(H2,14,15). The van der Waals surface area contributed by atoms with Crippen LogP contribution in [-0.2, 0) is 4.74 Å². The summed E-state index contributed by atoms with van der Waals surface area (Å²) < 4.78 is 22.9. The number of nitrogens with zero attached hydrogens (tertiary/aromatic N) is 1. The number of carbonyl (C=O) groups is 1. The summed E-state index contributed by atoms with van der Waals surface area (Å²) in [6, 6.07) is 2.60. The van der Waals surface area contributed by atoms with Gasteiger partial charge in [0.25, 0.3) is 0 Å². The lowest BCUT2D eigenvalue weighted by Crippen LogP contribution is -2.07. The van der Waals surface area contributed by atoms with Gasteiger partial charge in [-0.05, 0) is 6.07 Å². The number of esters is 1. The highest BCUT2D eigenvalue weighted by atomic mass is 19.1. The van der Waals surface area contributed by atoms with Crippen molar-refractivity contribution >= 4 is 22.6 Å². The molecule has 0 amide bonds. The van der Waals surface area contributed by atoms with Crippen molar-refractivity contribution in [3.63, 3.8) is 0 Å². The third-order valence-corrected chi connectivity index (χ3v) is 2.59. The summed E-state index contributed by atoms with van der Waals surface area (Å²) in [5, 5.41) is 0.441. The van der Waals surface area contributed by atoms with Gasteiger partial charge < -0.3 is 15.2 Å². The summed E-state index contributed by atoms with van der Waals surface area (Å²) in [4.78, 5) is 15.4. The molecule has 0 saturated carbocycles. The molecule has 18 heavy (non-hydrogen) atoms. The molecule has 1 aromatic heterocycles. The van der Waals surface area contributed by atoms with E-state index in [1.165, 1.54) is 32.5 Å². The second-order valence-electron chi connectivity index (χ2n) is 3.58. The van der Waals surface area contributed by atoms with E-state index in [-0.39, 0.29) is 17.0 Å². The summed E-state index contributed by atoms with van der Waals surface area (Å²) in [6.07, 6.45) is 1.26. The smallest absolute Gasteiger partial charge is 0.341 e. The molecule has 2 aromatic rings. The van der Waals surface area contributed by atoms with Crippen LogP contribution in [0.1, 0.15) is 10.4 Å². The van der Waals surface area contributed by atoms with Gasteiger partial charge in [0.2, 0.25) is 0 Å². The zero-order valence-corrected chi connectivity index (χ0v) is 9.86. The SMILES string of the molecule is COC(=O)c1cnc2cc(F)c(OC)cc2c1N. The van der Waals surface area contributed by atoms with Crippen LogP contribution in [-0.4, -0.2) is 25.2 Å². The summed E-state index contributed by atoms with van der Waals surface area (Å²) in [5.74, 6) is -1.09. The van der Waals surface area contributed by atoms with Crippen LogP contribution in [0.3, 0.4) is 0 Å². The number of benzene rings is 1. The molecule has 1 heterocycles. The summed E-state index contributed by atoms with van der Waals surface area (Å²) in [5.41, 5.74) is 6.52. The Kier molecular flexibility index (Phi) is 3.01. The lowest BCUT2D eigenvalue weighted by Gasteiger charge is -2.09. The van der Waals surface area contributed by atoms with E-state index < -0.39 is 11.8 Å². The maximum Gasteiger partial charge on any atom is 0.341 e. The van der Waals surface area contributed by atoms with Crippen molar-refractivity contribution in [3.05, 3.63) is 29.7 Å². The van der Waals surface area contributed by atoms with Gasteiger partial charge in [-0.25, -0.2) is 9.18 Å². The van der Waals surface area contributed by atoms with Crippen LogP contribution in [0, 0.1) is 5.82 Å². The van der Waals surface area contributed by atoms with Gasteiger partial charge in [0.15, 0.2) is 11.6 Å². The molecule has 94 valence electrons. The number of ether oxygens (including phenoxy) is 2. The first-order chi connectivity index (χ1) is 8.58. The monoisotopic (exact) mass is 250 g/mol. The van der Waals surface area contributed by atoms with Gasteiger partial charge in [0, 0.05) is 17.6 Å². The quantitative estimate of drug-likeness (QED) is 0.822. The first kappa shape index (κ1) is 12.1. The third-order valence-electron chi connectivity index (χ3n) is 2.59. The van der Waals surface area contributed by atoms with Gasteiger partial charge in [0.1, 0.15) is 5.56 Å². The number of fused-ring (bicyclic) bond motifs is 1. The summed E-state index contributed by atoms with van der Waals surface area (Å²) in [6.45, 7) is 0. The first-order valence-corrected chi connectivity index (χ1v) is 5.08. The number of methoxy groups -OCH3 is 2. The molecule has 6 heteroatoms. The molecular weight excluding hydrogens is 239 g/mol. The van der Waals surface area contributed by atoms with E-state index in [0.717, 1.165) is 0 Å². The molecule has 0 atom stereocenters. The van der Waals surface area contributed by atoms with Crippen molar-refractivity contribution < 1.29 is 18.7 Å². The van der Waals surface area contributed by atoms with Crippen molar-refractivity contribution in [2.24, 2.45) is 0 Å². The maximum atomic E-state index is 13.5. The van der Waals surface area contributed by atoms with Crippen LogP contribution in [0.5, 0.6) is 5.75 Å². The highest BCUT2D eigenvalue weighted by molar-refractivity contribution is 6.04. The molecule has 5 nitrogen and oxygen atoms in total. The number of hydrogen-bond donors (Lipinski definition) is 1. The molecule has 0 spiro atoms. The zero-order chi connectivity index (χ0) is 13.3. The van der Waals surface area contributed by atoms with Crippen molar-refractivity contribution in [2.45, 2.75) is 0 Å². The molecule has 2 rings (SSSR count). The summed E-state index contributed by atoms with van der Waals surface area (Å²) >= 11 is 0. The lowest BCUT2D eigenvalue weighted by atomic mass is 10.1. The van der Waals surface area contributed by atoms with E-state index in [1.54, 1.807) is 0 Å². The Balaban J connectivity index is 2.73. The van der Waals surface area contributed by atoms with Gasteiger partial charge in [-0.15, -0.1) is 0 Å². The number of halogens is 1. The molecule has 0 radical (unpaired) electrons. The van der Waals surface area contributed by atoms with Crippen LogP contribution in [0.4, 0.5) is 10.1 Å². The van der Waals surface area contributed by atoms with Crippen molar-refractivity contribution in [1.29, 1.82) is 0 Å². The van der Waals surface area contributed by atoms with E-state index in [0.29, 0.717) is 10.9 Å². The van der Waals surface area contributed by atoms with E-state index in [1.807, 2.05) is 0 Å². The molecule has 0 fully saturated rings. The fourth-order valence-electron chi connectivity index (χ4n) is 1.64. The molecule has 0 aliphatic rings. The Bertz CT molecular complexity index is 628. The van der Waals surface area contributed by atoms with Crippen LogP contribution in [0.2, 0.25) is 0 Å². The van der Waals surface area contributed by atoms with Gasteiger partial charge >= 0.3 is 5.97 Å². The van der Waals surface area contributed by atoms with Crippen LogP contribution in [0.15, 0.2) is 18.3 Å². The van der Waals surface area contributed by atoms with Gasteiger partial charge in [0.05, 0.1) is 25.4 Å². The average molecular weight is 250 g/mol. The van der Waals surface area contributed by atoms with Gasteiger partial charge in [-0.2, -0.15) is 0 Å². The van der Waals surface area contributed by atoms with E-state index in [4.69, 9.17) is 10.5 Å². The predicted octanol–water partition coefficient (Wildman–Crippen LogP) is 1.75. The van der Waals surface area contributed by atoms with Crippen LogP contribution in [0.25, 0.3) is 10.9 Å². The number of nitrogens with two attached hydrogens (primary N) is 1. The lowest BCUT2D eigenvalue weighted by molar-refractivity contribution is 0.0601. The first-order valence-electron chi connectivity index (χ1n) is 5.08. The second kappa shape index (κ2) is 4.48. The Hall–Kier alpha value is -2.37. The molecule has 0 bridgehead atoms. The summed E-state index contributed by atoms with van der Waals surface area (Å²) in [7, 11) is 2.59. The molecule has 0 unspecified atom stereocenters. The Morgan fingerprint density at radius 1 is 1.39 bits per heavy atom. The van der Waals surface area contributed by atoms with Crippen molar-refractivity contribution in [2.75, 3.05) is 20.0 Å². The highest BCUT2D eigenvalue weighted by Gasteiger charge is 2.15. The molecule has 0 saturated heterocycles. The predicted molar refractivity (Wildman–Crippen MR) is 64.0 cm³/mol. The van der Waals surface area contributed by atoms with E-state index >= 15 is 0 Å². The molecule has 0 aliphatic carbocycles. The van der Waals surface area contributed by atoms with Gasteiger partial charge in [-0.1, -0.05) is 0 Å². The average Bonchev–Trinajstić information content (AvgIpc) is 2.38. The minimum absolute atomic E-state index is 0.0398. The zero-order valence-electron chi connectivity index (χ0n) is 9.86. The number of hydrogen-bond acceptors (Lipinski definition) is 5. The second-order valence-corrected chi connectivity index (χ2v) is 3.58. The number of anilines is 1. The largest absolute Gasteiger partial charge is 0.494 e. The molecule has 0 aliphatic heterocycles. The van der Waals surface area contributed by atoms with E-state index in [2.05, 4.69) is 9.72 Å². The minimum atomic E-state index is -0.592. The molecule has 2 N–H and O–H groups in total. The number of nitrogen functional groups attached to an aromatic ring is 1. The maximum absolute atomic E-state index is 13.5. The molecular formula is C12H11FN2O3. The fourth-order valence-corrected chi connectivity index (χ4v) is 1.64. The number of aromatic nitrogens is 1.